The monoisotopic (exact) mass is 460 g/mol. The maximum atomic E-state index is 12.2. The van der Waals surface area contributed by atoms with E-state index in [0.29, 0.717) is 17.3 Å². The van der Waals surface area contributed by atoms with Crippen molar-refractivity contribution in [2.75, 3.05) is 43.9 Å². The van der Waals surface area contributed by atoms with Gasteiger partial charge in [-0.05, 0) is 50.2 Å². The molecule has 1 aliphatic rings. The summed E-state index contributed by atoms with van der Waals surface area (Å²) in [7, 11) is 2.13. The van der Waals surface area contributed by atoms with Crippen LogP contribution in [0.5, 0.6) is 5.75 Å². The number of likely N-dealkylation sites (N-methyl/N-ethyl adjacent to an activating group) is 1. The van der Waals surface area contributed by atoms with Gasteiger partial charge in [-0.3, -0.25) is 9.69 Å². The summed E-state index contributed by atoms with van der Waals surface area (Å²) in [5, 5.41) is 7.05. The van der Waals surface area contributed by atoms with Crippen molar-refractivity contribution in [2.24, 2.45) is 0 Å². The number of ether oxygens (including phenoxy) is 1. The Morgan fingerprint density at radius 2 is 2.00 bits per heavy atom. The van der Waals surface area contributed by atoms with Gasteiger partial charge < -0.3 is 20.3 Å². The lowest BCUT2D eigenvalue weighted by Gasteiger charge is -2.37. The molecule has 1 saturated heterocycles. The molecule has 2 aromatic carbocycles. The molecule has 1 amide bonds. The summed E-state index contributed by atoms with van der Waals surface area (Å²) in [4.78, 5) is 25.8. The number of aromatic nitrogens is 2. The highest BCUT2D eigenvalue weighted by Crippen LogP contribution is 2.34. The van der Waals surface area contributed by atoms with Crippen LogP contribution in [0, 0.1) is 6.92 Å². The molecule has 0 saturated carbocycles. The molecule has 1 aliphatic heterocycles. The molecule has 1 unspecified atom stereocenters. The minimum absolute atomic E-state index is 0.0998. The van der Waals surface area contributed by atoms with E-state index in [-0.39, 0.29) is 12.1 Å². The van der Waals surface area contributed by atoms with Crippen LogP contribution in [0.25, 0.3) is 10.9 Å². The lowest BCUT2D eigenvalue weighted by atomic mass is 10.1. The Morgan fingerprint density at radius 1 is 1.21 bits per heavy atom. The zero-order valence-corrected chi connectivity index (χ0v) is 20.0. The van der Waals surface area contributed by atoms with Gasteiger partial charge in [0.2, 0.25) is 5.91 Å². The van der Waals surface area contributed by atoms with Crippen molar-refractivity contribution in [3.63, 3.8) is 0 Å². The van der Waals surface area contributed by atoms with Crippen LogP contribution in [0.2, 0.25) is 0 Å². The van der Waals surface area contributed by atoms with Crippen molar-refractivity contribution in [3.8, 4) is 5.75 Å². The first-order valence-corrected chi connectivity index (χ1v) is 11.6. The molecule has 8 heteroatoms. The van der Waals surface area contributed by atoms with Crippen LogP contribution in [-0.2, 0) is 4.79 Å². The summed E-state index contributed by atoms with van der Waals surface area (Å²) >= 11 is 0. The number of hydrogen-bond donors (Lipinski definition) is 2. The molecule has 0 aliphatic carbocycles. The van der Waals surface area contributed by atoms with Gasteiger partial charge in [0.05, 0.1) is 11.2 Å². The SMILES string of the molecule is C=CC(=O)Nc1cc2c(Nc3cccc(C)c3)ncnc2cc1OC(CC)N1CCN(C)CC1. The molecule has 2 N–H and O–H groups in total. The topological polar surface area (TPSA) is 82.6 Å². The fourth-order valence-electron chi connectivity index (χ4n) is 4.09. The van der Waals surface area contributed by atoms with E-state index in [4.69, 9.17) is 4.74 Å². The zero-order chi connectivity index (χ0) is 24.1. The number of amides is 1. The molecule has 1 aromatic heterocycles. The predicted octanol–water partition coefficient (Wildman–Crippen LogP) is 4.17. The zero-order valence-electron chi connectivity index (χ0n) is 20.0. The van der Waals surface area contributed by atoms with E-state index in [2.05, 4.69) is 51.0 Å². The number of piperazine rings is 1. The van der Waals surface area contributed by atoms with Crippen molar-refractivity contribution in [1.29, 1.82) is 0 Å². The summed E-state index contributed by atoms with van der Waals surface area (Å²) in [5.74, 6) is 0.929. The third kappa shape index (κ3) is 5.52. The van der Waals surface area contributed by atoms with E-state index in [1.165, 1.54) is 12.4 Å². The molecule has 1 fully saturated rings. The van der Waals surface area contributed by atoms with E-state index in [9.17, 15) is 4.79 Å². The molecule has 0 spiro atoms. The number of anilines is 3. The van der Waals surface area contributed by atoms with Gasteiger partial charge in [-0.1, -0.05) is 25.6 Å². The molecular weight excluding hydrogens is 428 g/mol. The Labute approximate surface area is 200 Å². The van der Waals surface area contributed by atoms with Crippen LogP contribution in [0.3, 0.4) is 0 Å². The molecule has 178 valence electrons. The maximum absolute atomic E-state index is 12.2. The number of nitrogens with one attached hydrogen (secondary N) is 2. The first-order valence-electron chi connectivity index (χ1n) is 11.6. The second kappa shape index (κ2) is 10.6. The van der Waals surface area contributed by atoms with Crippen molar-refractivity contribution < 1.29 is 9.53 Å². The molecule has 3 aromatic rings. The fraction of sp³-hybridized carbons (Fsp3) is 0.346. The highest BCUT2D eigenvalue weighted by atomic mass is 16.5. The van der Waals surface area contributed by atoms with Gasteiger partial charge in [-0.25, -0.2) is 9.97 Å². The third-order valence-corrected chi connectivity index (χ3v) is 6.02. The first-order chi connectivity index (χ1) is 16.5. The van der Waals surface area contributed by atoms with Crippen molar-refractivity contribution >= 4 is 34.0 Å². The van der Waals surface area contributed by atoms with Crippen LogP contribution in [0.15, 0.2) is 55.4 Å². The van der Waals surface area contributed by atoms with E-state index in [1.807, 2.05) is 43.3 Å². The number of nitrogens with zero attached hydrogens (tertiary/aromatic N) is 4. The number of carbonyl (C=O) groups excluding carboxylic acids is 1. The standard InChI is InChI=1S/C26H32N6O2/c1-5-24(33)30-22-15-20-21(27-17-28-26(20)29-19-9-7-8-18(3)14-19)16-23(22)34-25(6-2)32-12-10-31(4)11-13-32/h5,7-9,14-17,25H,1,6,10-13H2,2-4H3,(H,30,33)(H,27,28,29). The second-order valence-electron chi connectivity index (χ2n) is 8.60. The van der Waals surface area contributed by atoms with Crippen LogP contribution in [0.4, 0.5) is 17.2 Å². The number of hydrogen-bond acceptors (Lipinski definition) is 7. The Bertz CT molecular complexity index is 1170. The predicted molar refractivity (Wildman–Crippen MR) is 137 cm³/mol. The maximum Gasteiger partial charge on any atom is 0.247 e. The average molecular weight is 461 g/mol. The third-order valence-electron chi connectivity index (χ3n) is 6.02. The summed E-state index contributed by atoms with van der Waals surface area (Å²) in [6.07, 6.45) is 3.50. The minimum Gasteiger partial charge on any atom is -0.473 e. The lowest BCUT2D eigenvalue weighted by molar-refractivity contribution is -0.111. The number of rotatable bonds is 8. The van der Waals surface area contributed by atoms with Gasteiger partial charge in [-0.15, -0.1) is 0 Å². The molecule has 0 bridgehead atoms. The van der Waals surface area contributed by atoms with E-state index >= 15 is 0 Å². The summed E-state index contributed by atoms with van der Waals surface area (Å²) in [5.41, 5.74) is 3.36. The number of carbonyl (C=O) groups is 1. The average Bonchev–Trinajstić information content (AvgIpc) is 2.83. The van der Waals surface area contributed by atoms with Crippen molar-refractivity contribution in [1.82, 2.24) is 19.8 Å². The van der Waals surface area contributed by atoms with Gasteiger partial charge in [0.25, 0.3) is 0 Å². The van der Waals surface area contributed by atoms with Gasteiger partial charge in [0, 0.05) is 43.3 Å². The highest BCUT2D eigenvalue weighted by Gasteiger charge is 2.24. The smallest absolute Gasteiger partial charge is 0.247 e. The molecule has 1 atom stereocenters. The largest absolute Gasteiger partial charge is 0.473 e. The fourth-order valence-corrected chi connectivity index (χ4v) is 4.09. The molecule has 0 radical (unpaired) electrons. The van der Waals surface area contributed by atoms with E-state index in [0.717, 1.165) is 54.8 Å². The van der Waals surface area contributed by atoms with Crippen molar-refractivity contribution in [3.05, 3.63) is 60.9 Å². The lowest BCUT2D eigenvalue weighted by Crippen LogP contribution is -2.50. The molecule has 34 heavy (non-hydrogen) atoms. The van der Waals surface area contributed by atoms with Gasteiger partial charge in [-0.2, -0.15) is 0 Å². The van der Waals surface area contributed by atoms with Gasteiger partial charge in [0.15, 0.2) is 6.23 Å². The quantitative estimate of drug-likeness (QED) is 0.488. The summed E-state index contributed by atoms with van der Waals surface area (Å²) in [6.45, 7) is 11.6. The number of benzene rings is 2. The Balaban J connectivity index is 1.70. The van der Waals surface area contributed by atoms with E-state index in [1.54, 1.807) is 0 Å². The normalized spacial score (nSPS) is 15.6. The van der Waals surface area contributed by atoms with E-state index < -0.39 is 0 Å². The van der Waals surface area contributed by atoms with Crippen LogP contribution >= 0.6 is 0 Å². The minimum atomic E-state index is -0.304. The number of aryl methyl sites for hydroxylation is 1. The highest BCUT2D eigenvalue weighted by molar-refractivity contribution is 6.03. The van der Waals surface area contributed by atoms with Crippen LogP contribution in [-0.4, -0.2) is 65.1 Å². The number of fused-ring (bicyclic) bond motifs is 1. The van der Waals surface area contributed by atoms with Gasteiger partial charge >= 0.3 is 0 Å². The Hall–Kier alpha value is -3.49. The second-order valence-corrected chi connectivity index (χ2v) is 8.60. The Kier molecular flexibility index (Phi) is 7.40. The molecule has 2 heterocycles. The van der Waals surface area contributed by atoms with Crippen LogP contribution < -0.4 is 15.4 Å². The Morgan fingerprint density at radius 3 is 2.71 bits per heavy atom. The summed E-state index contributed by atoms with van der Waals surface area (Å²) < 4.78 is 6.47. The van der Waals surface area contributed by atoms with Crippen LogP contribution in [0.1, 0.15) is 18.9 Å². The van der Waals surface area contributed by atoms with Gasteiger partial charge in [0.1, 0.15) is 17.9 Å². The van der Waals surface area contributed by atoms with Crippen molar-refractivity contribution in [2.45, 2.75) is 26.5 Å². The molecular formula is C26H32N6O2. The summed E-state index contributed by atoms with van der Waals surface area (Å²) in [6, 6.07) is 11.8. The molecule has 4 rings (SSSR count). The first kappa shape index (κ1) is 23.7. The molecule has 8 nitrogen and oxygen atoms in total.